The van der Waals surface area contributed by atoms with Gasteiger partial charge in [-0.25, -0.2) is 0 Å². The van der Waals surface area contributed by atoms with Crippen LogP contribution in [0.5, 0.6) is 0 Å². The fraction of sp³-hybridized carbons (Fsp3) is 0.400. The molecule has 2 aliphatic rings. The number of hydrogen-bond donors (Lipinski definition) is 2. The third kappa shape index (κ3) is 3.01. The van der Waals surface area contributed by atoms with Crippen LogP contribution in [0.25, 0.3) is 11.1 Å². The Morgan fingerprint density at radius 3 is 2.69 bits per heavy atom. The van der Waals surface area contributed by atoms with Crippen LogP contribution in [0, 0.1) is 0 Å². The number of hydrogen-bond acceptors (Lipinski definition) is 4. The quantitative estimate of drug-likeness (QED) is 0.814. The molecule has 0 saturated carbocycles. The number of nitrogens with two attached hydrogens (primary N) is 1. The number of rotatable bonds is 2. The molecule has 6 heteroatoms. The Morgan fingerprint density at radius 1 is 1.27 bits per heavy atom. The monoisotopic (exact) mass is 352 g/mol. The lowest BCUT2D eigenvalue weighted by Crippen LogP contribution is -2.48. The van der Waals surface area contributed by atoms with Crippen molar-refractivity contribution in [2.45, 2.75) is 31.8 Å². The molecule has 2 aliphatic heterocycles. The second-order valence-corrected chi connectivity index (χ2v) is 7.17. The molecule has 1 aromatic heterocycles. The predicted molar refractivity (Wildman–Crippen MR) is 101 cm³/mol. The first-order valence-corrected chi connectivity index (χ1v) is 9.09. The number of amides is 1. The maximum atomic E-state index is 13.1. The number of piperidine rings is 1. The van der Waals surface area contributed by atoms with Crippen molar-refractivity contribution in [3.05, 3.63) is 47.7 Å². The van der Waals surface area contributed by atoms with E-state index in [4.69, 9.17) is 10.5 Å². The molecule has 26 heavy (non-hydrogen) atoms. The molecule has 2 aromatic rings. The van der Waals surface area contributed by atoms with E-state index in [0.717, 1.165) is 31.4 Å². The van der Waals surface area contributed by atoms with Gasteiger partial charge in [0, 0.05) is 13.1 Å². The Bertz CT molecular complexity index is 833. The van der Waals surface area contributed by atoms with Crippen molar-refractivity contribution in [1.82, 2.24) is 15.1 Å². The zero-order valence-electron chi connectivity index (χ0n) is 15.0. The fourth-order valence-corrected chi connectivity index (χ4v) is 3.92. The molecule has 3 heterocycles. The van der Waals surface area contributed by atoms with Crippen LogP contribution in [-0.4, -0.2) is 46.3 Å². The summed E-state index contributed by atoms with van der Waals surface area (Å²) >= 11 is 0. The minimum atomic E-state index is -0.200. The fourth-order valence-electron chi connectivity index (χ4n) is 3.92. The number of ether oxygens (including phenoxy) is 1. The number of benzene rings is 1. The first kappa shape index (κ1) is 16.8. The number of aromatic nitrogens is 2. The summed E-state index contributed by atoms with van der Waals surface area (Å²) in [5, 5.41) is 6.91. The van der Waals surface area contributed by atoms with Crippen molar-refractivity contribution in [3.63, 3.8) is 0 Å². The number of nitrogens with one attached hydrogen (secondary N) is 1. The van der Waals surface area contributed by atoms with Gasteiger partial charge in [-0.1, -0.05) is 42.0 Å². The van der Waals surface area contributed by atoms with E-state index in [1.165, 1.54) is 5.57 Å². The molecule has 3 N–H and O–H groups in total. The van der Waals surface area contributed by atoms with Gasteiger partial charge in [-0.15, -0.1) is 0 Å². The molecule has 1 aromatic carbocycles. The lowest BCUT2D eigenvalue weighted by molar-refractivity contribution is -0.0522. The molecule has 4 rings (SSSR count). The third-order valence-corrected chi connectivity index (χ3v) is 5.36. The number of nitrogen functional groups attached to an aromatic ring is 1. The molecule has 136 valence electrons. The second-order valence-electron chi connectivity index (χ2n) is 7.17. The Morgan fingerprint density at radius 2 is 2.00 bits per heavy atom. The molecular formula is C20H24N4O2. The lowest BCUT2D eigenvalue weighted by atomic mass is 9.87. The molecule has 1 spiro atoms. The smallest absolute Gasteiger partial charge is 0.272 e. The number of carbonyl (C=O) groups excluding carboxylic acids is 1. The SMILES string of the molecule is CC1=CC2(CCN(C(=O)c3[nH]nc(N)c3-c3ccccc3)CC2)OCC1. The van der Waals surface area contributed by atoms with Gasteiger partial charge in [0.1, 0.15) is 5.69 Å². The number of H-pyrrole nitrogens is 1. The standard InChI is InChI=1S/C20H24N4O2/c1-14-7-12-26-20(13-14)8-10-24(11-9-20)19(25)17-16(18(21)23-22-17)15-5-3-2-4-6-15/h2-6,13H,7-12H2,1H3,(H3,21,22,23). The summed E-state index contributed by atoms with van der Waals surface area (Å²) in [4.78, 5) is 15.0. The van der Waals surface area contributed by atoms with Crippen LogP contribution in [0.2, 0.25) is 0 Å². The summed E-state index contributed by atoms with van der Waals surface area (Å²) in [7, 11) is 0. The van der Waals surface area contributed by atoms with Gasteiger partial charge >= 0.3 is 0 Å². The number of aromatic amines is 1. The van der Waals surface area contributed by atoms with Crippen LogP contribution in [-0.2, 0) is 4.74 Å². The van der Waals surface area contributed by atoms with Crippen molar-refractivity contribution in [2.24, 2.45) is 0 Å². The van der Waals surface area contributed by atoms with E-state index < -0.39 is 0 Å². The van der Waals surface area contributed by atoms with Crippen LogP contribution < -0.4 is 5.73 Å². The Balaban J connectivity index is 1.54. The van der Waals surface area contributed by atoms with Crippen molar-refractivity contribution < 1.29 is 9.53 Å². The molecule has 1 amide bonds. The number of carbonyl (C=O) groups is 1. The van der Waals surface area contributed by atoms with Gasteiger partial charge in [0.2, 0.25) is 0 Å². The van der Waals surface area contributed by atoms with E-state index in [1.54, 1.807) is 0 Å². The molecule has 0 bridgehead atoms. The molecule has 1 saturated heterocycles. The van der Waals surface area contributed by atoms with E-state index in [0.29, 0.717) is 30.2 Å². The van der Waals surface area contributed by atoms with Crippen LogP contribution in [0.15, 0.2) is 42.0 Å². The highest BCUT2D eigenvalue weighted by atomic mass is 16.5. The van der Waals surface area contributed by atoms with Gasteiger partial charge in [-0.2, -0.15) is 5.10 Å². The van der Waals surface area contributed by atoms with E-state index in [2.05, 4.69) is 23.2 Å². The van der Waals surface area contributed by atoms with Crippen molar-refractivity contribution in [2.75, 3.05) is 25.4 Å². The Kier molecular flexibility index (Phi) is 4.28. The maximum absolute atomic E-state index is 13.1. The van der Waals surface area contributed by atoms with Crippen molar-refractivity contribution >= 4 is 11.7 Å². The highest BCUT2D eigenvalue weighted by Crippen LogP contribution is 2.34. The Labute approximate surface area is 153 Å². The number of nitrogens with zero attached hydrogens (tertiary/aromatic N) is 2. The summed E-state index contributed by atoms with van der Waals surface area (Å²) in [6.45, 7) is 4.25. The molecule has 0 radical (unpaired) electrons. The molecular weight excluding hydrogens is 328 g/mol. The van der Waals surface area contributed by atoms with Gasteiger partial charge in [0.25, 0.3) is 5.91 Å². The van der Waals surface area contributed by atoms with Gasteiger partial charge < -0.3 is 15.4 Å². The Hall–Kier alpha value is -2.60. The normalized spacial score (nSPS) is 19.4. The molecule has 0 atom stereocenters. The topological polar surface area (TPSA) is 84.2 Å². The van der Waals surface area contributed by atoms with Crippen LogP contribution in [0.1, 0.15) is 36.7 Å². The summed E-state index contributed by atoms with van der Waals surface area (Å²) in [5.41, 5.74) is 9.24. The zero-order valence-corrected chi connectivity index (χ0v) is 15.0. The first-order valence-electron chi connectivity index (χ1n) is 9.09. The predicted octanol–water partition coefficient (Wildman–Crippen LogP) is 3.00. The van der Waals surface area contributed by atoms with Gasteiger partial charge in [0.15, 0.2) is 5.82 Å². The minimum absolute atomic E-state index is 0.0561. The van der Waals surface area contributed by atoms with Crippen LogP contribution >= 0.6 is 0 Å². The second kappa shape index (κ2) is 6.61. The third-order valence-electron chi connectivity index (χ3n) is 5.36. The van der Waals surface area contributed by atoms with E-state index in [9.17, 15) is 4.79 Å². The van der Waals surface area contributed by atoms with Gasteiger partial charge in [0.05, 0.1) is 17.8 Å². The largest absolute Gasteiger partial charge is 0.382 e. The molecule has 0 aliphatic carbocycles. The van der Waals surface area contributed by atoms with Crippen LogP contribution in [0.3, 0.4) is 0 Å². The molecule has 6 nitrogen and oxygen atoms in total. The van der Waals surface area contributed by atoms with E-state index in [1.807, 2.05) is 35.2 Å². The van der Waals surface area contributed by atoms with Gasteiger partial charge in [-0.3, -0.25) is 9.89 Å². The number of anilines is 1. The summed E-state index contributed by atoms with van der Waals surface area (Å²) in [5.74, 6) is 0.293. The molecule has 0 unspecified atom stereocenters. The van der Waals surface area contributed by atoms with Crippen LogP contribution in [0.4, 0.5) is 5.82 Å². The zero-order chi connectivity index (χ0) is 18.1. The highest BCUT2D eigenvalue weighted by molar-refractivity contribution is 6.01. The summed E-state index contributed by atoms with van der Waals surface area (Å²) in [6.07, 6.45) is 4.89. The lowest BCUT2D eigenvalue weighted by Gasteiger charge is -2.42. The van der Waals surface area contributed by atoms with Crippen molar-refractivity contribution in [1.29, 1.82) is 0 Å². The average molecular weight is 352 g/mol. The van der Waals surface area contributed by atoms with E-state index in [-0.39, 0.29) is 11.5 Å². The maximum Gasteiger partial charge on any atom is 0.272 e. The summed E-state index contributed by atoms with van der Waals surface area (Å²) < 4.78 is 6.05. The van der Waals surface area contributed by atoms with Gasteiger partial charge in [-0.05, 0) is 31.7 Å². The average Bonchev–Trinajstić information content (AvgIpc) is 3.04. The summed E-state index contributed by atoms with van der Waals surface area (Å²) in [6, 6.07) is 9.66. The highest BCUT2D eigenvalue weighted by Gasteiger charge is 2.37. The first-order chi connectivity index (χ1) is 12.6. The number of likely N-dealkylation sites (tertiary alicyclic amines) is 1. The van der Waals surface area contributed by atoms with E-state index >= 15 is 0 Å². The van der Waals surface area contributed by atoms with Crippen molar-refractivity contribution in [3.8, 4) is 11.1 Å². The molecule has 1 fully saturated rings. The minimum Gasteiger partial charge on any atom is -0.382 e.